The lowest BCUT2D eigenvalue weighted by Crippen LogP contribution is -2.20. The second-order valence-electron chi connectivity index (χ2n) is 5.69. The van der Waals surface area contributed by atoms with Crippen molar-refractivity contribution in [1.82, 2.24) is 0 Å². The summed E-state index contributed by atoms with van der Waals surface area (Å²) in [5, 5.41) is 10.1. The Balaban J connectivity index is 1.86. The van der Waals surface area contributed by atoms with Crippen molar-refractivity contribution in [3.8, 4) is 11.5 Å². The van der Waals surface area contributed by atoms with Crippen molar-refractivity contribution >= 4 is 0 Å². The summed E-state index contributed by atoms with van der Waals surface area (Å²) in [5.74, 6) is 2.14. The van der Waals surface area contributed by atoms with E-state index in [2.05, 4.69) is 6.92 Å². The summed E-state index contributed by atoms with van der Waals surface area (Å²) in [6.07, 6.45) is 6.58. The summed E-state index contributed by atoms with van der Waals surface area (Å²) in [5.41, 5.74) is 1.22. The van der Waals surface area contributed by atoms with Gasteiger partial charge in [-0.2, -0.15) is 0 Å². The quantitative estimate of drug-likeness (QED) is 0.828. The average molecular weight is 278 g/mol. The molecule has 0 aliphatic heterocycles. The number of hydrogen-bond acceptors (Lipinski definition) is 3. The van der Waals surface area contributed by atoms with Crippen LogP contribution in [-0.2, 0) is 6.42 Å². The highest BCUT2D eigenvalue weighted by atomic mass is 16.5. The maximum absolute atomic E-state index is 10.1. The Morgan fingerprint density at radius 2 is 2.00 bits per heavy atom. The summed E-state index contributed by atoms with van der Waals surface area (Å²) in [6, 6.07) is 5.97. The summed E-state index contributed by atoms with van der Waals surface area (Å²) in [4.78, 5) is 0. The Morgan fingerprint density at radius 1 is 1.25 bits per heavy atom. The van der Waals surface area contributed by atoms with Crippen LogP contribution in [-0.4, -0.2) is 24.9 Å². The molecule has 1 atom stereocenters. The van der Waals surface area contributed by atoms with E-state index in [0.29, 0.717) is 12.5 Å². The van der Waals surface area contributed by atoms with E-state index in [-0.39, 0.29) is 6.10 Å². The van der Waals surface area contributed by atoms with Crippen molar-refractivity contribution in [2.24, 2.45) is 5.92 Å². The molecule has 0 bridgehead atoms. The Kier molecular flexibility index (Phi) is 5.72. The number of rotatable bonds is 7. The van der Waals surface area contributed by atoms with E-state index in [4.69, 9.17) is 9.47 Å². The molecule has 0 radical (unpaired) electrons. The minimum absolute atomic E-state index is 0.346. The molecule has 1 aliphatic carbocycles. The van der Waals surface area contributed by atoms with Crippen LogP contribution < -0.4 is 9.47 Å². The lowest BCUT2D eigenvalue weighted by molar-refractivity contribution is 0.0842. The number of aliphatic hydroxyl groups excluding tert-OH is 1. The zero-order valence-electron chi connectivity index (χ0n) is 12.6. The van der Waals surface area contributed by atoms with E-state index in [0.717, 1.165) is 24.3 Å². The van der Waals surface area contributed by atoms with Gasteiger partial charge in [-0.25, -0.2) is 0 Å². The zero-order valence-corrected chi connectivity index (χ0v) is 12.6. The zero-order chi connectivity index (χ0) is 14.4. The highest BCUT2D eigenvalue weighted by Gasteiger charge is 2.19. The molecule has 1 aromatic carbocycles. The van der Waals surface area contributed by atoms with Crippen molar-refractivity contribution in [3.05, 3.63) is 23.8 Å². The molecule has 1 saturated carbocycles. The van der Waals surface area contributed by atoms with Gasteiger partial charge in [-0.05, 0) is 36.5 Å². The molecule has 0 saturated heterocycles. The molecular weight excluding hydrogens is 252 g/mol. The fourth-order valence-corrected chi connectivity index (χ4v) is 2.94. The van der Waals surface area contributed by atoms with Crippen molar-refractivity contribution < 1.29 is 14.6 Å². The third kappa shape index (κ3) is 4.14. The molecule has 1 N–H and O–H groups in total. The highest BCUT2D eigenvalue weighted by molar-refractivity contribution is 5.42. The minimum atomic E-state index is -0.381. The normalized spacial score (nSPS) is 17.1. The summed E-state index contributed by atoms with van der Waals surface area (Å²) >= 11 is 0. The molecule has 3 heteroatoms. The van der Waals surface area contributed by atoms with Crippen molar-refractivity contribution in [1.29, 1.82) is 0 Å². The van der Waals surface area contributed by atoms with Crippen molar-refractivity contribution in [2.45, 2.75) is 51.6 Å². The summed E-state index contributed by atoms with van der Waals surface area (Å²) in [6.45, 7) is 2.46. The molecular formula is C17H26O3. The monoisotopic (exact) mass is 278 g/mol. The Bertz CT molecular complexity index is 411. The number of aliphatic hydroxyl groups is 1. The topological polar surface area (TPSA) is 38.7 Å². The lowest BCUT2D eigenvalue weighted by Gasteiger charge is -2.17. The molecule has 1 aliphatic rings. The molecule has 1 fully saturated rings. The highest BCUT2D eigenvalue weighted by Crippen LogP contribution is 2.30. The Morgan fingerprint density at radius 3 is 2.65 bits per heavy atom. The first-order valence-corrected chi connectivity index (χ1v) is 7.70. The van der Waals surface area contributed by atoms with E-state index in [9.17, 15) is 5.11 Å². The number of aryl methyl sites for hydroxylation is 1. The third-order valence-corrected chi connectivity index (χ3v) is 4.15. The number of methoxy groups -OCH3 is 1. The average Bonchev–Trinajstić information content (AvgIpc) is 2.97. The number of benzene rings is 1. The van der Waals surface area contributed by atoms with Gasteiger partial charge in [-0.15, -0.1) is 0 Å². The van der Waals surface area contributed by atoms with Crippen LogP contribution in [0.4, 0.5) is 0 Å². The minimum Gasteiger partial charge on any atom is -0.493 e. The van der Waals surface area contributed by atoms with Gasteiger partial charge >= 0.3 is 0 Å². The van der Waals surface area contributed by atoms with Crippen LogP contribution in [0.5, 0.6) is 11.5 Å². The van der Waals surface area contributed by atoms with Crippen molar-refractivity contribution in [2.75, 3.05) is 13.7 Å². The summed E-state index contributed by atoms with van der Waals surface area (Å²) in [7, 11) is 1.65. The smallest absolute Gasteiger partial charge is 0.161 e. The van der Waals surface area contributed by atoms with Gasteiger partial charge < -0.3 is 14.6 Å². The predicted molar refractivity (Wildman–Crippen MR) is 80.4 cm³/mol. The molecule has 2 rings (SSSR count). The first-order valence-electron chi connectivity index (χ1n) is 7.70. The van der Waals surface area contributed by atoms with Gasteiger partial charge in [0, 0.05) is 0 Å². The Labute approximate surface area is 121 Å². The standard InChI is InChI=1S/C17H26O3/c1-3-13-8-9-16(17(11-13)19-2)20-12-15(18)10-14-6-4-5-7-14/h8-9,11,14-15,18H,3-7,10,12H2,1-2H3. The van der Waals surface area contributed by atoms with Crippen molar-refractivity contribution in [3.63, 3.8) is 0 Å². The molecule has 1 aromatic rings. The molecule has 3 nitrogen and oxygen atoms in total. The van der Waals surface area contributed by atoms with Gasteiger partial charge in [0.15, 0.2) is 11.5 Å². The number of ether oxygens (including phenoxy) is 2. The van der Waals surface area contributed by atoms with Gasteiger partial charge in [0.25, 0.3) is 0 Å². The largest absolute Gasteiger partial charge is 0.493 e. The molecule has 0 spiro atoms. The summed E-state index contributed by atoms with van der Waals surface area (Å²) < 4.78 is 11.1. The molecule has 1 unspecified atom stereocenters. The van der Waals surface area contributed by atoms with Gasteiger partial charge in [0.2, 0.25) is 0 Å². The predicted octanol–water partition coefficient (Wildman–Crippen LogP) is 3.58. The van der Waals surface area contributed by atoms with Crippen LogP contribution in [0.3, 0.4) is 0 Å². The molecule has 20 heavy (non-hydrogen) atoms. The van der Waals surface area contributed by atoms with Crippen LogP contribution in [0.25, 0.3) is 0 Å². The molecule has 0 heterocycles. The van der Waals surface area contributed by atoms with E-state index in [1.165, 1.54) is 31.2 Å². The third-order valence-electron chi connectivity index (χ3n) is 4.15. The second-order valence-corrected chi connectivity index (χ2v) is 5.69. The molecule has 0 amide bonds. The second kappa shape index (κ2) is 7.53. The SMILES string of the molecule is CCc1ccc(OCC(O)CC2CCCC2)c(OC)c1. The fourth-order valence-electron chi connectivity index (χ4n) is 2.94. The van der Waals surface area contributed by atoms with Crippen LogP contribution >= 0.6 is 0 Å². The van der Waals surface area contributed by atoms with Gasteiger partial charge in [-0.3, -0.25) is 0 Å². The molecule has 0 aromatic heterocycles. The van der Waals surface area contributed by atoms with Gasteiger partial charge in [-0.1, -0.05) is 38.7 Å². The van der Waals surface area contributed by atoms with E-state index in [1.807, 2.05) is 18.2 Å². The molecule has 112 valence electrons. The van der Waals surface area contributed by atoms with E-state index < -0.39 is 0 Å². The van der Waals surface area contributed by atoms with Crippen LogP contribution in [0.2, 0.25) is 0 Å². The maximum atomic E-state index is 10.1. The Hall–Kier alpha value is -1.22. The van der Waals surface area contributed by atoms with Crippen LogP contribution in [0.1, 0.15) is 44.6 Å². The van der Waals surface area contributed by atoms with Crippen LogP contribution in [0, 0.1) is 5.92 Å². The van der Waals surface area contributed by atoms with Gasteiger partial charge in [0.1, 0.15) is 6.61 Å². The lowest BCUT2D eigenvalue weighted by atomic mass is 10.0. The van der Waals surface area contributed by atoms with Crippen LogP contribution in [0.15, 0.2) is 18.2 Å². The van der Waals surface area contributed by atoms with Gasteiger partial charge in [0.05, 0.1) is 13.2 Å². The first kappa shape index (κ1) is 15.2. The first-order chi connectivity index (χ1) is 9.72. The number of hydrogen-bond donors (Lipinski definition) is 1. The van der Waals surface area contributed by atoms with E-state index >= 15 is 0 Å². The van der Waals surface area contributed by atoms with E-state index in [1.54, 1.807) is 7.11 Å². The maximum Gasteiger partial charge on any atom is 0.161 e. The fraction of sp³-hybridized carbons (Fsp3) is 0.647.